The van der Waals surface area contributed by atoms with Crippen LogP contribution in [0.25, 0.3) is 11.0 Å². The zero-order valence-corrected chi connectivity index (χ0v) is 14.8. The summed E-state index contributed by atoms with van der Waals surface area (Å²) in [4.78, 5) is 25.0. The third-order valence-electron chi connectivity index (χ3n) is 4.08. The van der Waals surface area contributed by atoms with E-state index in [1.54, 1.807) is 16.7 Å². The van der Waals surface area contributed by atoms with E-state index in [0.29, 0.717) is 18.1 Å². The molecule has 0 saturated carbocycles. The van der Waals surface area contributed by atoms with Crippen molar-refractivity contribution >= 4 is 28.5 Å². The summed E-state index contributed by atoms with van der Waals surface area (Å²) in [6.45, 7) is 3.07. The fraction of sp³-hybridized carbons (Fsp3) is 0.263. The first-order valence-corrected chi connectivity index (χ1v) is 8.67. The Kier molecular flexibility index (Phi) is 5.24. The zero-order chi connectivity index (χ0) is 17.8. The maximum Gasteiger partial charge on any atom is 0.329 e. The summed E-state index contributed by atoms with van der Waals surface area (Å²) in [5, 5.41) is 3.51. The molecule has 130 valence electrons. The topological polar surface area (TPSA) is 56.0 Å². The first-order valence-electron chi connectivity index (χ1n) is 8.29. The molecule has 1 N–H and O–H groups in total. The number of hydrogen-bond acceptors (Lipinski definition) is 2. The molecule has 1 amide bonds. The highest BCUT2D eigenvalue weighted by atomic mass is 35.5. The number of aromatic nitrogens is 2. The van der Waals surface area contributed by atoms with E-state index in [4.69, 9.17) is 11.6 Å². The third kappa shape index (κ3) is 3.77. The largest absolute Gasteiger partial charge is 0.350 e. The average Bonchev–Trinajstić information content (AvgIpc) is 2.88. The van der Waals surface area contributed by atoms with Crippen LogP contribution in [0.3, 0.4) is 0 Å². The van der Waals surface area contributed by atoms with Gasteiger partial charge in [-0.25, -0.2) is 4.79 Å². The number of nitrogens with one attached hydrogen (secondary N) is 1. The standard InChI is InChI=1S/C19H20ClN3O2/c1-2-11-22-16-5-3-4-6-17(16)23(19(22)25)13-18(24)21-12-14-7-9-15(20)10-8-14/h3-10H,2,11-13H2,1H3,(H,21,24). The van der Waals surface area contributed by atoms with Gasteiger partial charge in [0, 0.05) is 18.1 Å². The molecule has 0 fully saturated rings. The highest BCUT2D eigenvalue weighted by molar-refractivity contribution is 6.30. The maximum absolute atomic E-state index is 12.7. The molecule has 1 heterocycles. The Balaban J connectivity index is 1.78. The Labute approximate surface area is 150 Å². The fourth-order valence-corrected chi connectivity index (χ4v) is 2.99. The number of carbonyl (C=O) groups excluding carboxylic acids is 1. The molecular weight excluding hydrogens is 338 g/mol. The predicted octanol–water partition coefficient (Wildman–Crippen LogP) is 3.18. The zero-order valence-electron chi connectivity index (χ0n) is 14.0. The Morgan fingerprint density at radius 2 is 1.68 bits per heavy atom. The van der Waals surface area contributed by atoms with Gasteiger partial charge < -0.3 is 5.32 Å². The lowest BCUT2D eigenvalue weighted by Gasteiger charge is -2.06. The number of rotatable bonds is 6. The predicted molar refractivity (Wildman–Crippen MR) is 99.8 cm³/mol. The van der Waals surface area contributed by atoms with Crippen LogP contribution < -0.4 is 11.0 Å². The van der Waals surface area contributed by atoms with Gasteiger partial charge in [0.1, 0.15) is 6.54 Å². The highest BCUT2D eigenvalue weighted by Gasteiger charge is 2.14. The van der Waals surface area contributed by atoms with Crippen LogP contribution in [0.1, 0.15) is 18.9 Å². The summed E-state index contributed by atoms with van der Waals surface area (Å²) in [6, 6.07) is 14.9. The molecule has 6 heteroatoms. The van der Waals surface area contributed by atoms with Crippen molar-refractivity contribution < 1.29 is 4.79 Å². The molecular formula is C19H20ClN3O2. The maximum atomic E-state index is 12.7. The van der Waals surface area contributed by atoms with Gasteiger partial charge in [0.15, 0.2) is 0 Å². The summed E-state index contributed by atoms with van der Waals surface area (Å²) in [7, 11) is 0. The van der Waals surface area contributed by atoms with Gasteiger partial charge in [0.05, 0.1) is 11.0 Å². The molecule has 5 nitrogen and oxygen atoms in total. The molecule has 3 aromatic rings. The van der Waals surface area contributed by atoms with Gasteiger partial charge in [-0.1, -0.05) is 42.8 Å². The highest BCUT2D eigenvalue weighted by Crippen LogP contribution is 2.13. The molecule has 0 aliphatic rings. The first-order chi connectivity index (χ1) is 12.1. The van der Waals surface area contributed by atoms with Crippen molar-refractivity contribution in [2.45, 2.75) is 33.0 Å². The van der Waals surface area contributed by atoms with Gasteiger partial charge in [-0.3, -0.25) is 13.9 Å². The van der Waals surface area contributed by atoms with Crippen LogP contribution in [0.4, 0.5) is 0 Å². The number of amides is 1. The fourth-order valence-electron chi connectivity index (χ4n) is 2.87. The number of halogens is 1. The number of aryl methyl sites for hydroxylation is 1. The summed E-state index contributed by atoms with van der Waals surface area (Å²) in [6.07, 6.45) is 0.858. The molecule has 2 aromatic carbocycles. The molecule has 3 rings (SSSR count). The Morgan fingerprint density at radius 3 is 2.32 bits per heavy atom. The number of imidazole rings is 1. The van der Waals surface area contributed by atoms with Crippen LogP contribution in [0.15, 0.2) is 53.3 Å². The van der Waals surface area contributed by atoms with Crippen LogP contribution in [0, 0.1) is 0 Å². The van der Waals surface area contributed by atoms with Crippen molar-refractivity contribution in [1.82, 2.24) is 14.5 Å². The SMILES string of the molecule is CCCn1c(=O)n(CC(=O)NCc2ccc(Cl)cc2)c2ccccc21. The van der Waals surface area contributed by atoms with Crippen molar-refractivity contribution in [3.63, 3.8) is 0 Å². The quantitative estimate of drug-likeness (QED) is 0.736. The minimum Gasteiger partial charge on any atom is -0.350 e. The second-order valence-electron chi connectivity index (χ2n) is 5.91. The van der Waals surface area contributed by atoms with Crippen LogP contribution >= 0.6 is 11.6 Å². The van der Waals surface area contributed by atoms with Crippen LogP contribution in [-0.4, -0.2) is 15.0 Å². The van der Waals surface area contributed by atoms with Gasteiger partial charge in [0.25, 0.3) is 0 Å². The van der Waals surface area contributed by atoms with Crippen molar-refractivity contribution in [2.75, 3.05) is 0 Å². The Bertz CT molecular complexity index is 941. The molecule has 25 heavy (non-hydrogen) atoms. The average molecular weight is 358 g/mol. The molecule has 0 bridgehead atoms. The van der Waals surface area contributed by atoms with Gasteiger partial charge in [-0.15, -0.1) is 0 Å². The van der Waals surface area contributed by atoms with Crippen LogP contribution in [0.5, 0.6) is 0 Å². The lowest BCUT2D eigenvalue weighted by atomic mass is 10.2. The van der Waals surface area contributed by atoms with E-state index in [1.165, 1.54) is 4.57 Å². The number of benzene rings is 2. The lowest BCUT2D eigenvalue weighted by molar-refractivity contribution is -0.121. The monoisotopic (exact) mass is 357 g/mol. The second-order valence-corrected chi connectivity index (χ2v) is 6.35. The van der Waals surface area contributed by atoms with E-state index < -0.39 is 0 Å². The third-order valence-corrected chi connectivity index (χ3v) is 4.33. The molecule has 1 aromatic heterocycles. The number of hydrogen-bond donors (Lipinski definition) is 1. The van der Waals surface area contributed by atoms with Gasteiger partial charge in [0.2, 0.25) is 5.91 Å². The molecule has 0 spiro atoms. The van der Waals surface area contributed by atoms with Gasteiger partial charge >= 0.3 is 5.69 Å². The molecule has 0 aliphatic heterocycles. The summed E-state index contributed by atoms with van der Waals surface area (Å²) >= 11 is 5.85. The van der Waals surface area contributed by atoms with Gasteiger partial charge in [-0.05, 0) is 36.2 Å². The van der Waals surface area contributed by atoms with E-state index in [1.807, 2.05) is 43.3 Å². The van der Waals surface area contributed by atoms with E-state index in [-0.39, 0.29) is 18.1 Å². The normalized spacial score (nSPS) is 11.0. The van der Waals surface area contributed by atoms with Gasteiger partial charge in [-0.2, -0.15) is 0 Å². The molecule has 0 aliphatic carbocycles. The van der Waals surface area contributed by atoms with Crippen molar-refractivity contribution in [3.8, 4) is 0 Å². The molecule has 0 atom stereocenters. The smallest absolute Gasteiger partial charge is 0.329 e. The minimum absolute atomic E-state index is 0.00362. The minimum atomic E-state index is -0.198. The van der Waals surface area contributed by atoms with E-state index >= 15 is 0 Å². The Morgan fingerprint density at radius 1 is 1.04 bits per heavy atom. The van der Waals surface area contributed by atoms with Crippen molar-refractivity contribution in [2.24, 2.45) is 0 Å². The number of fused-ring (bicyclic) bond motifs is 1. The van der Waals surface area contributed by atoms with E-state index in [0.717, 1.165) is 23.0 Å². The summed E-state index contributed by atoms with van der Waals surface area (Å²) in [5.41, 5.74) is 2.45. The van der Waals surface area contributed by atoms with E-state index in [9.17, 15) is 9.59 Å². The number of carbonyl (C=O) groups is 1. The number of para-hydroxylation sites is 2. The molecule has 0 unspecified atom stereocenters. The lowest BCUT2D eigenvalue weighted by Crippen LogP contribution is -2.32. The first kappa shape index (κ1) is 17.3. The van der Waals surface area contributed by atoms with Crippen LogP contribution in [-0.2, 0) is 24.4 Å². The van der Waals surface area contributed by atoms with Crippen molar-refractivity contribution in [1.29, 1.82) is 0 Å². The summed E-state index contributed by atoms with van der Waals surface area (Å²) in [5.74, 6) is -0.198. The van der Waals surface area contributed by atoms with E-state index in [2.05, 4.69) is 5.32 Å². The van der Waals surface area contributed by atoms with Crippen LogP contribution in [0.2, 0.25) is 5.02 Å². The van der Waals surface area contributed by atoms with Crippen molar-refractivity contribution in [3.05, 3.63) is 69.6 Å². The summed E-state index contributed by atoms with van der Waals surface area (Å²) < 4.78 is 3.25. The second kappa shape index (κ2) is 7.57. The molecule has 0 radical (unpaired) electrons. The number of nitrogens with zero attached hydrogens (tertiary/aromatic N) is 2. The Hall–Kier alpha value is -2.53. The molecule has 0 saturated heterocycles.